The van der Waals surface area contributed by atoms with Crippen molar-refractivity contribution in [2.45, 2.75) is 33.2 Å². The van der Waals surface area contributed by atoms with Crippen LogP contribution < -0.4 is 5.32 Å². The van der Waals surface area contributed by atoms with E-state index in [1.54, 1.807) is 0 Å². The summed E-state index contributed by atoms with van der Waals surface area (Å²) in [6, 6.07) is 0.406. The van der Waals surface area contributed by atoms with Gasteiger partial charge in [-0.3, -0.25) is 4.79 Å². The number of carbonyl (C=O) groups excluding carboxylic acids is 1. The van der Waals surface area contributed by atoms with Crippen LogP contribution in [0.3, 0.4) is 0 Å². The zero-order valence-electron chi connectivity index (χ0n) is 8.84. The molecule has 0 radical (unpaired) electrons. The first-order valence-electron chi connectivity index (χ1n) is 5.18. The molecule has 13 heavy (non-hydrogen) atoms. The minimum absolute atomic E-state index is 0.132. The third-order valence-electron chi connectivity index (χ3n) is 2.60. The molecule has 1 rings (SSSR count). The second-order valence-corrected chi connectivity index (χ2v) is 3.95. The molecular formula is C10H20N2O. The Bertz CT molecular complexity index is 180. The molecule has 0 unspecified atom stereocenters. The number of carbonyl (C=O) groups is 1. The van der Waals surface area contributed by atoms with E-state index in [-0.39, 0.29) is 5.92 Å². The van der Waals surface area contributed by atoms with E-state index < -0.39 is 0 Å². The smallest absolute Gasteiger partial charge is 0.225 e. The first-order chi connectivity index (χ1) is 6.16. The van der Waals surface area contributed by atoms with Gasteiger partial charge in [-0.05, 0) is 6.42 Å². The molecule has 0 aromatic rings. The van der Waals surface area contributed by atoms with E-state index in [9.17, 15) is 4.79 Å². The highest BCUT2D eigenvalue weighted by Crippen LogP contribution is 2.11. The minimum atomic E-state index is 0.132. The average molecular weight is 184 g/mol. The van der Waals surface area contributed by atoms with E-state index in [4.69, 9.17) is 0 Å². The van der Waals surface area contributed by atoms with Crippen molar-refractivity contribution in [2.24, 2.45) is 5.92 Å². The van der Waals surface area contributed by atoms with Crippen molar-refractivity contribution in [1.29, 1.82) is 0 Å². The van der Waals surface area contributed by atoms with Crippen LogP contribution in [0.5, 0.6) is 0 Å². The highest BCUT2D eigenvalue weighted by Gasteiger charge is 2.26. The SMILES string of the molecule is CC[C@@H]1CNCCN1C(=O)C(C)C. The van der Waals surface area contributed by atoms with Crippen LogP contribution in [0.15, 0.2) is 0 Å². The van der Waals surface area contributed by atoms with Crippen molar-refractivity contribution < 1.29 is 4.79 Å². The predicted octanol–water partition coefficient (Wildman–Crippen LogP) is 0.853. The third-order valence-corrected chi connectivity index (χ3v) is 2.60. The number of nitrogens with zero attached hydrogens (tertiary/aromatic N) is 1. The standard InChI is InChI=1S/C10H20N2O/c1-4-9-7-11-5-6-12(9)10(13)8(2)3/h8-9,11H,4-7H2,1-3H3/t9-/m1/s1. The number of hydrogen-bond acceptors (Lipinski definition) is 2. The van der Waals surface area contributed by atoms with E-state index in [1.165, 1.54) is 0 Å². The summed E-state index contributed by atoms with van der Waals surface area (Å²) >= 11 is 0. The Labute approximate surface area is 80.5 Å². The number of hydrogen-bond donors (Lipinski definition) is 1. The lowest BCUT2D eigenvalue weighted by Gasteiger charge is -2.36. The van der Waals surface area contributed by atoms with Gasteiger partial charge in [-0.1, -0.05) is 20.8 Å². The molecule has 1 heterocycles. The second kappa shape index (κ2) is 4.61. The lowest BCUT2D eigenvalue weighted by molar-refractivity contribution is -0.137. The van der Waals surface area contributed by atoms with Crippen LogP contribution in [0.1, 0.15) is 27.2 Å². The maximum absolute atomic E-state index is 11.8. The molecule has 1 aliphatic heterocycles. The molecule has 3 nitrogen and oxygen atoms in total. The van der Waals surface area contributed by atoms with Crippen LogP contribution in [-0.4, -0.2) is 36.5 Å². The molecule has 3 heteroatoms. The summed E-state index contributed by atoms with van der Waals surface area (Å²) in [6.07, 6.45) is 1.05. The van der Waals surface area contributed by atoms with Crippen molar-refractivity contribution in [3.8, 4) is 0 Å². The maximum atomic E-state index is 11.8. The summed E-state index contributed by atoms with van der Waals surface area (Å²) in [5, 5.41) is 3.32. The van der Waals surface area contributed by atoms with Crippen LogP contribution in [0.25, 0.3) is 0 Å². The van der Waals surface area contributed by atoms with Crippen LogP contribution in [-0.2, 0) is 4.79 Å². The Hall–Kier alpha value is -0.570. The van der Waals surface area contributed by atoms with Crippen LogP contribution in [0.2, 0.25) is 0 Å². The van der Waals surface area contributed by atoms with E-state index in [1.807, 2.05) is 18.7 Å². The van der Waals surface area contributed by atoms with Gasteiger partial charge in [-0.25, -0.2) is 0 Å². The molecule has 1 amide bonds. The van der Waals surface area contributed by atoms with E-state index in [0.717, 1.165) is 26.1 Å². The fraction of sp³-hybridized carbons (Fsp3) is 0.900. The molecule has 0 aromatic carbocycles. The molecule has 0 spiro atoms. The summed E-state index contributed by atoms with van der Waals surface area (Å²) in [4.78, 5) is 13.8. The quantitative estimate of drug-likeness (QED) is 0.690. The van der Waals surface area contributed by atoms with Crippen molar-refractivity contribution >= 4 is 5.91 Å². The van der Waals surface area contributed by atoms with E-state index >= 15 is 0 Å². The van der Waals surface area contributed by atoms with Gasteiger partial charge >= 0.3 is 0 Å². The lowest BCUT2D eigenvalue weighted by atomic mass is 10.1. The predicted molar refractivity (Wildman–Crippen MR) is 53.5 cm³/mol. The molecule has 0 bridgehead atoms. The fourth-order valence-electron chi connectivity index (χ4n) is 1.75. The van der Waals surface area contributed by atoms with Gasteiger partial charge in [0, 0.05) is 31.6 Å². The van der Waals surface area contributed by atoms with Gasteiger partial charge in [0.2, 0.25) is 5.91 Å². The molecule has 76 valence electrons. The minimum Gasteiger partial charge on any atom is -0.337 e. The van der Waals surface area contributed by atoms with Crippen LogP contribution in [0.4, 0.5) is 0 Å². The number of piperazine rings is 1. The second-order valence-electron chi connectivity index (χ2n) is 3.95. The molecule has 0 saturated carbocycles. The molecule has 1 saturated heterocycles. The summed E-state index contributed by atoms with van der Waals surface area (Å²) in [5.41, 5.74) is 0. The number of rotatable bonds is 2. The molecule has 1 N–H and O–H groups in total. The van der Waals surface area contributed by atoms with Crippen LogP contribution >= 0.6 is 0 Å². The summed E-state index contributed by atoms with van der Waals surface area (Å²) in [6.45, 7) is 8.84. The zero-order chi connectivity index (χ0) is 9.84. The number of nitrogens with one attached hydrogen (secondary N) is 1. The van der Waals surface area contributed by atoms with Gasteiger partial charge in [-0.2, -0.15) is 0 Å². The highest BCUT2D eigenvalue weighted by atomic mass is 16.2. The molecule has 0 aromatic heterocycles. The third kappa shape index (κ3) is 2.44. The molecular weight excluding hydrogens is 164 g/mol. The molecule has 1 atom stereocenters. The Morgan fingerprint density at radius 1 is 1.62 bits per heavy atom. The van der Waals surface area contributed by atoms with Crippen molar-refractivity contribution in [1.82, 2.24) is 10.2 Å². The molecule has 1 fully saturated rings. The Kier molecular flexibility index (Phi) is 3.72. The lowest BCUT2D eigenvalue weighted by Crippen LogP contribution is -2.54. The van der Waals surface area contributed by atoms with E-state index in [0.29, 0.717) is 11.9 Å². The number of amides is 1. The van der Waals surface area contributed by atoms with Gasteiger partial charge in [0.1, 0.15) is 0 Å². The molecule has 1 aliphatic rings. The maximum Gasteiger partial charge on any atom is 0.225 e. The largest absolute Gasteiger partial charge is 0.337 e. The zero-order valence-corrected chi connectivity index (χ0v) is 8.84. The molecule has 0 aliphatic carbocycles. The summed E-state index contributed by atoms with van der Waals surface area (Å²) in [7, 11) is 0. The van der Waals surface area contributed by atoms with Crippen molar-refractivity contribution in [3.63, 3.8) is 0 Å². The fourth-order valence-corrected chi connectivity index (χ4v) is 1.75. The van der Waals surface area contributed by atoms with Crippen molar-refractivity contribution in [3.05, 3.63) is 0 Å². The van der Waals surface area contributed by atoms with E-state index in [2.05, 4.69) is 12.2 Å². The van der Waals surface area contributed by atoms with Gasteiger partial charge in [-0.15, -0.1) is 0 Å². The summed E-state index contributed by atoms with van der Waals surface area (Å²) in [5.74, 6) is 0.431. The highest BCUT2D eigenvalue weighted by molar-refractivity contribution is 5.78. The van der Waals surface area contributed by atoms with Crippen LogP contribution in [0, 0.1) is 5.92 Å². The Morgan fingerprint density at radius 2 is 2.31 bits per heavy atom. The first-order valence-corrected chi connectivity index (χ1v) is 5.18. The van der Waals surface area contributed by atoms with Gasteiger partial charge < -0.3 is 10.2 Å². The normalized spacial score (nSPS) is 23.7. The Morgan fingerprint density at radius 3 is 2.85 bits per heavy atom. The van der Waals surface area contributed by atoms with Gasteiger partial charge in [0.15, 0.2) is 0 Å². The Balaban J connectivity index is 2.58. The first kappa shape index (κ1) is 10.5. The average Bonchev–Trinajstić information content (AvgIpc) is 2.16. The van der Waals surface area contributed by atoms with Gasteiger partial charge in [0.25, 0.3) is 0 Å². The van der Waals surface area contributed by atoms with Crippen molar-refractivity contribution in [2.75, 3.05) is 19.6 Å². The summed E-state index contributed by atoms with van der Waals surface area (Å²) < 4.78 is 0. The topological polar surface area (TPSA) is 32.3 Å². The van der Waals surface area contributed by atoms with Gasteiger partial charge in [0.05, 0.1) is 0 Å². The monoisotopic (exact) mass is 184 g/mol.